The maximum absolute atomic E-state index is 13.7. The molecular weight excluding hydrogens is 366 g/mol. The summed E-state index contributed by atoms with van der Waals surface area (Å²) in [5.41, 5.74) is 0.334. The molecule has 0 saturated heterocycles. The number of rotatable bonds is 9. The van der Waals surface area contributed by atoms with Crippen molar-refractivity contribution >= 4 is 5.91 Å². The predicted octanol–water partition coefficient (Wildman–Crippen LogP) is 4.14. The number of oxazole rings is 1. The Balaban J connectivity index is 1.36. The molecule has 3 rings (SSSR count). The van der Waals surface area contributed by atoms with Gasteiger partial charge in [0.15, 0.2) is 23.2 Å². The molecule has 0 radical (unpaired) electrons. The van der Waals surface area contributed by atoms with Gasteiger partial charge in [0.25, 0.3) is 0 Å². The molecule has 1 aromatic heterocycles. The Labute approximate surface area is 161 Å². The number of hydrogen-bond acceptors (Lipinski definition) is 4. The quantitative estimate of drug-likeness (QED) is 0.562. The van der Waals surface area contributed by atoms with E-state index in [4.69, 9.17) is 9.15 Å². The lowest BCUT2D eigenvalue weighted by Crippen LogP contribution is -2.25. The molecule has 0 aliphatic carbocycles. The molecular formula is C21H20F2N2O3. The molecule has 0 aliphatic heterocycles. The highest BCUT2D eigenvalue weighted by molar-refractivity contribution is 5.76. The summed E-state index contributed by atoms with van der Waals surface area (Å²) in [5.74, 6) is -0.0530. The molecule has 2 aromatic carbocycles. The molecule has 5 nitrogen and oxygen atoms in total. The Hall–Kier alpha value is -3.22. The van der Waals surface area contributed by atoms with E-state index >= 15 is 0 Å². The molecule has 0 spiro atoms. The molecule has 1 heterocycles. The first-order valence-electron chi connectivity index (χ1n) is 8.97. The first kappa shape index (κ1) is 19.5. The van der Waals surface area contributed by atoms with Crippen molar-refractivity contribution in [1.29, 1.82) is 0 Å². The van der Waals surface area contributed by atoms with Crippen LogP contribution >= 0.6 is 0 Å². The zero-order valence-electron chi connectivity index (χ0n) is 15.2. The number of carbonyl (C=O) groups is 1. The fourth-order valence-electron chi connectivity index (χ4n) is 2.56. The van der Waals surface area contributed by atoms with Crippen LogP contribution in [0.3, 0.4) is 0 Å². The maximum atomic E-state index is 13.7. The molecule has 0 fully saturated rings. The monoisotopic (exact) mass is 386 g/mol. The zero-order chi connectivity index (χ0) is 19.8. The lowest BCUT2D eigenvalue weighted by Gasteiger charge is -2.07. The van der Waals surface area contributed by atoms with Gasteiger partial charge in [-0.05, 0) is 30.7 Å². The molecule has 3 aromatic rings. The van der Waals surface area contributed by atoms with Crippen molar-refractivity contribution in [3.05, 3.63) is 72.3 Å². The van der Waals surface area contributed by atoms with E-state index in [1.165, 1.54) is 18.3 Å². The topological polar surface area (TPSA) is 64.4 Å². The number of hydrogen-bond donors (Lipinski definition) is 1. The van der Waals surface area contributed by atoms with Crippen LogP contribution in [0.25, 0.3) is 11.3 Å². The number of nitrogens with one attached hydrogen (secondary N) is 1. The summed E-state index contributed by atoms with van der Waals surface area (Å²) in [6, 6.07) is 12.4. The van der Waals surface area contributed by atoms with E-state index in [0.717, 1.165) is 0 Å². The average Bonchev–Trinajstić information content (AvgIpc) is 3.16. The average molecular weight is 386 g/mol. The summed E-state index contributed by atoms with van der Waals surface area (Å²) in [5, 5.41) is 2.76. The fraction of sp³-hybridized carbons (Fsp3) is 0.238. The summed E-state index contributed by atoms with van der Waals surface area (Å²) in [6.45, 7) is 0.715. The number of nitrogens with zero attached hydrogens (tertiary/aromatic N) is 1. The van der Waals surface area contributed by atoms with Crippen molar-refractivity contribution < 1.29 is 22.7 Å². The maximum Gasteiger partial charge on any atom is 0.220 e. The number of ether oxygens (including phenoxy) is 1. The summed E-state index contributed by atoms with van der Waals surface area (Å²) in [4.78, 5) is 16.0. The molecule has 0 atom stereocenters. The smallest absolute Gasteiger partial charge is 0.220 e. The molecule has 0 aliphatic rings. The normalized spacial score (nSPS) is 10.6. The summed E-state index contributed by atoms with van der Waals surface area (Å²) in [7, 11) is 0. The van der Waals surface area contributed by atoms with E-state index in [2.05, 4.69) is 10.3 Å². The second-order valence-corrected chi connectivity index (χ2v) is 6.08. The molecule has 7 heteroatoms. The van der Waals surface area contributed by atoms with Gasteiger partial charge in [-0.1, -0.05) is 24.3 Å². The van der Waals surface area contributed by atoms with Crippen molar-refractivity contribution in [3.8, 4) is 17.1 Å². The standard InChI is InChI=1S/C21H20F2N2O3/c22-16-7-2-1-6-15(16)19-14-25-21(28-19)11-10-20(26)24-12-5-13-27-18-9-4-3-8-17(18)23/h1-4,6-9,14H,5,10-13H2,(H,24,26). The third kappa shape index (κ3) is 5.39. The van der Waals surface area contributed by atoms with Gasteiger partial charge in [0.2, 0.25) is 5.91 Å². The van der Waals surface area contributed by atoms with Crippen LogP contribution in [0, 0.1) is 11.6 Å². The molecule has 0 bridgehead atoms. The Morgan fingerprint density at radius 3 is 2.61 bits per heavy atom. The summed E-state index contributed by atoms with van der Waals surface area (Å²) >= 11 is 0. The van der Waals surface area contributed by atoms with Gasteiger partial charge in [-0.2, -0.15) is 0 Å². The molecule has 0 unspecified atom stereocenters. The molecule has 1 N–H and O–H groups in total. The number of carbonyl (C=O) groups excluding carboxylic acids is 1. The molecule has 1 amide bonds. The number of halogens is 2. The van der Waals surface area contributed by atoms with Crippen LogP contribution in [0.5, 0.6) is 5.75 Å². The van der Waals surface area contributed by atoms with Gasteiger partial charge in [0.05, 0.1) is 18.4 Å². The lowest BCUT2D eigenvalue weighted by molar-refractivity contribution is -0.121. The first-order valence-corrected chi connectivity index (χ1v) is 8.97. The SMILES string of the molecule is O=C(CCc1ncc(-c2ccccc2F)o1)NCCCOc1ccccc1F. The highest BCUT2D eigenvalue weighted by atomic mass is 19.1. The van der Waals surface area contributed by atoms with E-state index in [9.17, 15) is 13.6 Å². The van der Waals surface area contributed by atoms with Gasteiger partial charge >= 0.3 is 0 Å². The predicted molar refractivity (Wildman–Crippen MR) is 99.7 cm³/mol. The van der Waals surface area contributed by atoms with Crippen LogP contribution in [0.4, 0.5) is 8.78 Å². The fourth-order valence-corrected chi connectivity index (χ4v) is 2.56. The molecule has 28 heavy (non-hydrogen) atoms. The third-order valence-corrected chi connectivity index (χ3v) is 4.00. The summed E-state index contributed by atoms with van der Waals surface area (Å²) < 4.78 is 38.0. The van der Waals surface area contributed by atoms with Gasteiger partial charge < -0.3 is 14.5 Å². The second-order valence-electron chi connectivity index (χ2n) is 6.08. The number of para-hydroxylation sites is 1. The minimum atomic E-state index is -0.410. The van der Waals surface area contributed by atoms with E-state index in [1.54, 1.807) is 36.4 Å². The van der Waals surface area contributed by atoms with Gasteiger partial charge in [0.1, 0.15) is 5.82 Å². The third-order valence-electron chi connectivity index (χ3n) is 4.00. The van der Waals surface area contributed by atoms with Gasteiger partial charge in [0, 0.05) is 19.4 Å². The van der Waals surface area contributed by atoms with E-state index in [-0.39, 0.29) is 23.9 Å². The van der Waals surface area contributed by atoms with Crippen molar-refractivity contribution in [2.45, 2.75) is 19.3 Å². The van der Waals surface area contributed by atoms with E-state index in [1.807, 2.05) is 0 Å². The number of benzene rings is 2. The zero-order valence-corrected chi connectivity index (χ0v) is 15.2. The van der Waals surface area contributed by atoms with Crippen molar-refractivity contribution in [2.75, 3.05) is 13.2 Å². The van der Waals surface area contributed by atoms with Crippen LogP contribution in [0.2, 0.25) is 0 Å². The van der Waals surface area contributed by atoms with E-state index in [0.29, 0.717) is 43.2 Å². The highest BCUT2D eigenvalue weighted by Crippen LogP contribution is 2.23. The Morgan fingerprint density at radius 2 is 1.82 bits per heavy atom. The van der Waals surface area contributed by atoms with Gasteiger partial charge in [-0.3, -0.25) is 4.79 Å². The van der Waals surface area contributed by atoms with Crippen LogP contribution in [-0.4, -0.2) is 24.0 Å². The minimum absolute atomic E-state index is 0.156. The molecule has 146 valence electrons. The largest absolute Gasteiger partial charge is 0.490 e. The summed E-state index contributed by atoms with van der Waals surface area (Å²) in [6.07, 6.45) is 2.51. The number of amides is 1. The van der Waals surface area contributed by atoms with Gasteiger partial charge in [-0.25, -0.2) is 13.8 Å². The second kappa shape index (κ2) is 9.64. The van der Waals surface area contributed by atoms with Crippen LogP contribution < -0.4 is 10.1 Å². The lowest BCUT2D eigenvalue weighted by atomic mass is 10.2. The van der Waals surface area contributed by atoms with Crippen molar-refractivity contribution in [1.82, 2.24) is 10.3 Å². The van der Waals surface area contributed by atoms with Crippen LogP contribution in [0.1, 0.15) is 18.7 Å². The first-order chi connectivity index (χ1) is 13.6. The highest BCUT2D eigenvalue weighted by Gasteiger charge is 2.11. The van der Waals surface area contributed by atoms with E-state index < -0.39 is 5.82 Å². The Bertz CT molecular complexity index is 927. The number of aryl methyl sites for hydroxylation is 1. The Morgan fingerprint density at radius 1 is 1.07 bits per heavy atom. The van der Waals surface area contributed by atoms with Crippen molar-refractivity contribution in [2.24, 2.45) is 0 Å². The van der Waals surface area contributed by atoms with Crippen molar-refractivity contribution in [3.63, 3.8) is 0 Å². The van der Waals surface area contributed by atoms with Crippen LogP contribution in [0.15, 0.2) is 59.1 Å². The minimum Gasteiger partial charge on any atom is -0.490 e. The van der Waals surface area contributed by atoms with Crippen LogP contribution in [-0.2, 0) is 11.2 Å². The Kier molecular flexibility index (Phi) is 6.73. The van der Waals surface area contributed by atoms with Gasteiger partial charge in [-0.15, -0.1) is 0 Å². The molecule has 0 saturated carbocycles. The number of aromatic nitrogens is 1.